The molecular formula is C61H55NO. The van der Waals surface area contributed by atoms with Gasteiger partial charge in [-0.1, -0.05) is 176 Å². The summed E-state index contributed by atoms with van der Waals surface area (Å²) in [7, 11) is 0. The van der Waals surface area contributed by atoms with Crippen molar-refractivity contribution in [3.05, 3.63) is 207 Å². The fraction of sp³-hybridized carbons (Fsp3) is 0.279. The standard InChI is InChI=1S/C61H55NO/c1-58(2,3)35-27-29-41-49(31-35)61(50-34-48(59(4,5)6)42-33-43(42)55(41)50)45-21-13-10-19-40(45)57-47(61)23-16-25-52(57)62(36-28-30-38-37-17-11-14-26-53(37)63-54(38)32-36)51-24-15-22-46-56(51)39-18-9-12-20-44(39)60(46,7)8/h9-16,18-32,34,37,42-43H,17,33H2,1-8H3. The van der Waals surface area contributed by atoms with E-state index in [4.69, 9.17) is 4.74 Å². The first-order valence-corrected chi connectivity index (χ1v) is 23.4. The van der Waals surface area contributed by atoms with E-state index < -0.39 is 5.41 Å². The van der Waals surface area contributed by atoms with Crippen molar-refractivity contribution in [1.29, 1.82) is 0 Å². The predicted octanol–water partition coefficient (Wildman–Crippen LogP) is 15.8. The van der Waals surface area contributed by atoms with Crippen LogP contribution in [0, 0.1) is 17.3 Å². The molecule has 0 aromatic heterocycles. The topological polar surface area (TPSA) is 12.5 Å². The van der Waals surface area contributed by atoms with Gasteiger partial charge in [0.1, 0.15) is 11.5 Å². The third-order valence-electron chi connectivity index (χ3n) is 16.1. The minimum atomic E-state index is -0.451. The maximum atomic E-state index is 6.74. The van der Waals surface area contributed by atoms with E-state index in [0.717, 1.165) is 23.6 Å². The van der Waals surface area contributed by atoms with Gasteiger partial charge in [-0.15, -0.1) is 0 Å². The average molecular weight is 818 g/mol. The Balaban J connectivity index is 1.12. The molecule has 2 heteroatoms. The molecule has 0 radical (unpaired) electrons. The number of hydrogen-bond acceptors (Lipinski definition) is 2. The average Bonchev–Trinajstić information content (AvgIpc) is 3.67. The Morgan fingerprint density at radius 2 is 1.30 bits per heavy atom. The fourth-order valence-corrected chi connectivity index (χ4v) is 13.1. The molecule has 6 aromatic rings. The second kappa shape index (κ2) is 12.3. The van der Waals surface area contributed by atoms with Crippen molar-refractivity contribution in [3.63, 3.8) is 0 Å². The summed E-state index contributed by atoms with van der Waals surface area (Å²) >= 11 is 0. The molecule has 0 bridgehead atoms. The van der Waals surface area contributed by atoms with Crippen molar-refractivity contribution in [2.75, 3.05) is 4.90 Å². The molecule has 63 heavy (non-hydrogen) atoms. The zero-order chi connectivity index (χ0) is 42.9. The Morgan fingerprint density at radius 1 is 0.619 bits per heavy atom. The number of allylic oxidation sites excluding steroid dienone is 8. The second-order valence-electron chi connectivity index (χ2n) is 21.9. The van der Waals surface area contributed by atoms with E-state index in [1.165, 1.54) is 90.1 Å². The number of ether oxygens (including phenoxy) is 1. The van der Waals surface area contributed by atoms with Gasteiger partial charge in [0, 0.05) is 39.8 Å². The molecule has 13 rings (SSSR count). The van der Waals surface area contributed by atoms with E-state index in [1.54, 1.807) is 11.1 Å². The first kappa shape index (κ1) is 37.4. The van der Waals surface area contributed by atoms with Gasteiger partial charge in [0.15, 0.2) is 0 Å². The lowest BCUT2D eigenvalue weighted by molar-refractivity contribution is 0.425. The lowest BCUT2D eigenvalue weighted by atomic mass is 9.66. The third kappa shape index (κ3) is 4.85. The molecule has 1 heterocycles. The number of hydrogen-bond donors (Lipinski definition) is 0. The molecule has 0 saturated heterocycles. The number of nitrogens with zero attached hydrogens (tertiary/aromatic N) is 1. The summed E-state index contributed by atoms with van der Waals surface area (Å²) in [5.74, 6) is 3.46. The molecular weight excluding hydrogens is 763 g/mol. The highest BCUT2D eigenvalue weighted by atomic mass is 16.5. The minimum Gasteiger partial charge on any atom is -0.461 e. The summed E-state index contributed by atoms with van der Waals surface area (Å²) in [5, 5.41) is 0. The van der Waals surface area contributed by atoms with E-state index in [-0.39, 0.29) is 22.2 Å². The van der Waals surface area contributed by atoms with Crippen molar-refractivity contribution >= 4 is 22.6 Å². The van der Waals surface area contributed by atoms with Crippen LogP contribution in [-0.4, -0.2) is 0 Å². The van der Waals surface area contributed by atoms with Crippen LogP contribution in [-0.2, 0) is 16.2 Å². The van der Waals surface area contributed by atoms with Gasteiger partial charge < -0.3 is 9.64 Å². The van der Waals surface area contributed by atoms with Crippen LogP contribution in [0.4, 0.5) is 17.1 Å². The zero-order valence-electron chi connectivity index (χ0n) is 37.9. The number of rotatable bonds is 3. The second-order valence-corrected chi connectivity index (χ2v) is 21.9. The van der Waals surface area contributed by atoms with Crippen LogP contribution in [0.2, 0.25) is 0 Å². The van der Waals surface area contributed by atoms with Gasteiger partial charge in [0.05, 0.1) is 16.8 Å². The first-order valence-electron chi connectivity index (χ1n) is 23.4. The highest BCUT2D eigenvalue weighted by molar-refractivity contribution is 6.04. The van der Waals surface area contributed by atoms with Crippen molar-refractivity contribution in [3.8, 4) is 28.0 Å². The molecule has 2 nitrogen and oxygen atoms in total. The van der Waals surface area contributed by atoms with Crippen molar-refractivity contribution in [2.24, 2.45) is 17.3 Å². The van der Waals surface area contributed by atoms with Gasteiger partial charge in [-0.25, -0.2) is 0 Å². The summed E-state index contributed by atoms with van der Waals surface area (Å²) in [6.45, 7) is 19.2. The molecule has 1 fully saturated rings. The summed E-state index contributed by atoms with van der Waals surface area (Å²) in [6.07, 6.45) is 11.5. The summed E-state index contributed by atoms with van der Waals surface area (Å²) in [4.78, 5) is 2.59. The van der Waals surface area contributed by atoms with E-state index >= 15 is 0 Å². The van der Waals surface area contributed by atoms with Crippen LogP contribution < -0.4 is 9.64 Å². The monoisotopic (exact) mass is 817 g/mol. The van der Waals surface area contributed by atoms with Gasteiger partial charge in [-0.2, -0.15) is 0 Å². The molecule has 6 aliphatic carbocycles. The van der Waals surface area contributed by atoms with Crippen LogP contribution in [0.15, 0.2) is 163 Å². The third-order valence-corrected chi connectivity index (χ3v) is 16.1. The smallest absolute Gasteiger partial charge is 0.132 e. The highest BCUT2D eigenvalue weighted by Gasteiger charge is 2.60. The van der Waals surface area contributed by atoms with E-state index in [9.17, 15) is 0 Å². The summed E-state index contributed by atoms with van der Waals surface area (Å²) in [6, 6.07) is 47.3. The van der Waals surface area contributed by atoms with E-state index in [0.29, 0.717) is 11.8 Å². The zero-order valence-corrected chi connectivity index (χ0v) is 37.9. The Labute approximate surface area is 373 Å². The van der Waals surface area contributed by atoms with Gasteiger partial charge in [-0.05, 0) is 121 Å². The molecule has 0 N–H and O–H groups in total. The van der Waals surface area contributed by atoms with Crippen LogP contribution in [0.1, 0.15) is 119 Å². The molecule has 4 atom stereocenters. The summed E-state index contributed by atoms with van der Waals surface area (Å²) < 4.78 is 6.74. The predicted molar refractivity (Wildman–Crippen MR) is 260 cm³/mol. The molecule has 4 unspecified atom stereocenters. The molecule has 1 aliphatic heterocycles. The number of benzene rings is 6. The van der Waals surface area contributed by atoms with Gasteiger partial charge in [-0.3, -0.25) is 0 Å². The van der Waals surface area contributed by atoms with E-state index in [1.807, 2.05) is 0 Å². The van der Waals surface area contributed by atoms with Crippen LogP contribution in [0.5, 0.6) is 5.75 Å². The Hall–Kier alpha value is -6.12. The molecule has 1 spiro atoms. The molecule has 6 aromatic carbocycles. The summed E-state index contributed by atoms with van der Waals surface area (Å²) in [5.41, 5.74) is 24.1. The van der Waals surface area contributed by atoms with Crippen molar-refractivity contribution < 1.29 is 4.74 Å². The van der Waals surface area contributed by atoms with Gasteiger partial charge in [0.2, 0.25) is 0 Å². The Kier molecular flexibility index (Phi) is 7.32. The number of fused-ring (bicyclic) bond motifs is 17. The normalized spacial score (nSPS) is 23.3. The Morgan fingerprint density at radius 3 is 2.05 bits per heavy atom. The molecule has 1 saturated carbocycles. The fourth-order valence-electron chi connectivity index (χ4n) is 13.1. The lowest BCUT2D eigenvalue weighted by Crippen LogP contribution is -2.29. The van der Waals surface area contributed by atoms with E-state index in [2.05, 4.69) is 206 Å². The van der Waals surface area contributed by atoms with Crippen LogP contribution in [0.3, 0.4) is 0 Å². The highest BCUT2D eigenvalue weighted by Crippen LogP contribution is 2.71. The minimum absolute atomic E-state index is 0.00441. The largest absolute Gasteiger partial charge is 0.461 e. The van der Waals surface area contributed by atoms with Crippen molar-refractivity contribution in [1.82, 2.24) is 0 Å². The quantitative estimate of drug-likeness (QED) is 0.176. The van der Waals surface area contributed by atoms with Crippen LogP contribution in [0.25, 0.3) is 27.8 Å². The number of anilines is 3. The Bertz CT molecular complexity index is 3170. The lowest BCUT2D eigenvalue weighted by Gasteiger charge is -2.36. The maximum Gasteiger partial charge on any atom is 0.132 e. The van der Waals surface area contributed by atoms with Gasteiger partial charge >= 0.3 is 0 Å². The SMILES string of the molecule is CC(C)(C)C1=CC2=C(c3ccc(C(C)(C)C)cc3C23c2ccccc2-c2c(N(c4ccc5c(c4)OC4=CC=CCC45)c4cccc5c4-c4ccccc4C5(C)C)cccc23)C2CC12. The van der Waals surface area contributed by atoms with Gasteiger partial charge in [0.25, 0.3) is 0 Å². The first-order chi connectivity index (χ1) is 30.3. The molecule has 0 amide bonds. The van der Waals surface area contributed by atoms with Crippen LogP contribution >= 0.6 is 0 Å². The maximum absolute atomic E-state index is 6.74. The molecule has 7 aliphatic rings. The molecule has 310 valence electrons. The van der Waals surface area contributed by atoms with Crippen molar-refractivity contribution in [2.45, 2.75) is 90.4 Å².